The molecule has 0 aliphatic rings. The van der Waals surface area contributed by atoms with E-state index in [1.165, 1.54) is 13.2 Å². The van der Waals surface area contributed by atoms with Gasteiger partial charge >= 0.3 is 29.6 Å². The van der Waals surface area contributed by atoms with Crippen LogP contribution in [0, 0.1) is 0 Å². The van der Waals surface area contributed by atoms with Crippen molar-refractivity contribution in [2.24, 2.45) is 0 Å². The maximum Gasteiger partial charge on any atom is 1.00 e. The zero-order valence-electron chi connectivity index (χ0n) is 14.5. The molecule has 7 heteroatoms. The van der Waals surface area contributed by atoms with Crippen LogP contribution in [0.15, 0.2) is 83.8 Å². The van der Waals surface area contributed by atoms with E-state index in [1.54, 1.807) is 6.07 Å². The van der Waals surface area contributed by atoms with Crippen molar-refractivity contribution >= 4 is 34.0 Å². The second kappa shape index (κ2) is 9.14. The predicted octanol–water partition coefficient (Wildman–Crippen LogP) is -0.638. The van der Waals surface area contributed by atoms with Crippen molar-refractivity contribution in [1.82, 2.24) is 0 Å². The third-order valence-electron chi connectivity index (χ3n) is 3.70. The van der Waals surface area contributed by atoms with Gasteiger partial charge in [0.05, 0.1) is 12.0 Å². The van der Waals surface area contributed by atoms with Crippen molar-refractivity contribution in [3.63, 3.8) is 0 Å². The smallest absolute Gasteiger partial charge is 0.744 e. The maximum atomic E-state index is 11.6. The average molecular weight is 394 g/mol. The number of hydrogen-bond donors (Lipinski definition) is 0. The van der Waals surface area contributed by atoms with Crippen molar-refractivity contribution < 1.29 is 47.3 Å². The van der Waals surface area contributed by atoms with Crippen molar-refractivity contribution in [3.05, 3.63) is 78.9 Å². The molecule has 0 aliphatic heterocycles. The molecule has 3 rings (SSSR count). The Balaban J connectivity index is 0.00000243. The fourth-order valence-corrected chi connectivity index (χ4v) is 5.67. The Morgan fingerprint density at radius 2 is 1.31 bits per heavy atom. The zero-order valence-corrected chi connectivity index (χ0v) is 18.2. The standard InChI is InChI=1S/C19H17O4PS.Na/c1-23-18-13-12-17(14-19(18)25(20,21)22)24(15-8-4-2-5-9-15)16-10-6-3-7-11-16;/h2-14H,1H3,(H,20,21,22);/q;+1/p-1. The van der Waals surface area contributed by atoms with Crippen molar-refractivity contribution in [1.29, 1.82) is 0 Å². The van der Waals surface area contributed by atoms with Crippen LogP contribution >= 0.6 is 7.92 Å². The summed E-state index contributed by atoms with van der Waals surface area (Å²) in [7, 11) is -4.27. The largest absolute Gasteiger partial charge is 1.00 e. The molecule has 128 valence electrons. The van der Waals surface area contributed by atoms with Crippen LogP contribution in [-0.2, 0) is 10.1 Å². The molecule has 0 spiro atoms. The van der Waals surface area contributed by atoms with E-state index >= 15 is 0 Å². The van der Waals surface area contributed by atoms with Gasteiger partial charge in [-0.15, -0.1) is 0 Å². The monoisotopic (exact) mass is 394 g/mol. The second-order valence-corrected chi connectivity index (χ2v) is 8.86. The number of ether oxygens (including phenoxy) is 1. The van der Waals surface area contributed by atoms with Gasteiger partial charge in [0.2, 0.25) is 0 Å². The molecule has 0 saturated carbocycles. The summed E-state index contributed by atoms with van der Waals surface area (Å²) in [5, 5.41) is 2.92. The average Bonchev–Trinajstić information content (AvgIpc) is 2.63. The molecule has 4 nitrogen and oxygen atoms in total. The van der Waals surface area contributed by atoms with Gasteiger partial charge in [-0.25, -0.2) is 8.42 Å². The summed E-state index contributed by atoms with van der Waals surface area (Å²) >= 11 is 0. The maximum absolute atomic E-state index is 11.6. The van der Waals surface area contributed by atoms with Crippen LogP contribution in [0.4, 0.5) is 0 Å². The minimum atomic E-state index is -4.63. The third-order valence-corrected chi connectivity index (χ3v) is 6.98. The van der Waals surface area contributed by atoms with Crippen LogP contribution in [0.25, 0.3) is 0 Å². The fourth-order valence-electron chi connectivity index (χ4n) is 2.60. The quantitative estimate of drug-likeness (QED) is 0.328. The molecule has 0 unspecified atom stereocenters. The molecular weight excluding hydrogens is 378 g/mol. The Hall–Kier alpha value is -1.20. The Morgan fingerprint density at radius 1 is 0.808 bits per heavy atom. The summed E-state index contributed by atoms with van der Waals surface area (Å²) in [6, 6.07) is 24.5. The van der Waals surface area contributed by atoms with E-state index in [0.29, 0.717) is 0 Å². The first-order chi connectivity index (χ1) is 12.0. The third kappa shape index (κ3) is 4.74. The molecule has 0 heterocycles. The van der Waals surface area contributed by atoms with Crippen molar-refractivity contribution in [2.75, 3.05) is 7.11 Å². The first kappa shape index (κ1) is 21.1. The van der Waals surface area contributed by atoms with Gasteiger partial charge in [-0.1, -0.05) is 66.7 Å². The summed E-state index contributed by atoms with van der Waals surface area (Å²) in [5.74, 6) is 0.0647. The van der Waals surface area contributed by atoms with Gasteiger partial charge in [0.1, 0.15) is 15.9 Å². The van der Waals surface area contributed by atoms with Gasteiger partial charge in [0.25, 0.3) is 0 Å². The summed E-state index contributed by atoms with van der Waals surface area (Å²) in [6.07, 6.45) is 0. The minimum Gasteiger partial charge on any atom is -0.744 e. The Labute approximate surface area is 177 Å². The molecule has 0 amide bonds. The molecule has 26 heavy (non-hydrogen) atoms. The number of methoxy groups -OCH3 is 1. The van der Waals surface area contributed by atoms with Crippen LogP contribution in [0.2, 0.25) is 0 Å². The Morgan fingerprint density at radius 3 is 1.73 bits per heavy atom. The van der Waals surface area contributed by atoms with E-state index < -0.39 is 18.0 Å². The van der Waals surface area contributed by atoms with Gasteiger partial charge in [-0.2, -0.15) is 0 Å². The Kier molecular flexibility index (Phi) is 7.42. The van der Waals surface area contributed by atoms with E-state index in [0.717, 1.165) is 15.9 Å². The van der Waals surface area contributed by atoms with Gasteiger partial charge < -0.3 is 9.29 Å². The number of benzene rings is 3. The molecule has 0 atom stereocenters. The number of rotatable bonds is 5. The molecule has 0 bridgehead atoms. The van der Waals surface area contributed by atoms with Gasteiger partial charge in [-0.3, -0.25) is 0 Å². The molecule has 0 N–H and O–H groups in total. The van der Waals surface area contributed by atoms with E-state index in [4.69, 9.17) is 4.74 Å². The molecule has 0 aliphatic carbocycles. The molecule has 0 aromatic heterocycles. The van der Waals surface area contributed by atoms with Gasteiger partial charge in [-0.05, 0) is 36.0 Å². The van der Waals surface area contributed by atoms with Crippen LogP contribution in [0.5, 0.6) is 5.75 Å². The van der Waals surface area contributed by atoms with E-state index in [1.807, 2.05) is 66.7 Å². The molecule has 0 fully saturated rings. The van der Waals surface area contributed by atoms with Gasteiger partial charge in [0, 0.05) is 0 Å². The molecule has 3 aromatic rings. The topological polar surface area (TPSA) is 66.4 Å². The number of hydrogen-bond acceptors (Lipinski definition) is 4. The second-order valence-electron chi connectivity index (χ2n) is 5.30. The normalized spacial score (nSPS) is 11.0. The minimum absolute atomic E-state index is 0. The summed E-state index contributed by atoms with van der Waals surface area (Å²) in [5.41, 5.74) is 0. The summed E-state index contributed by atoms with van der Waals surface area (Å²) in [4.78, 5) is -0.327. The van der Waals surface area contributed by atoms with Gasteiger partial charge in [0.15, 0.2) is 0 Å². The van der Waals surface area contributed by atoms with Crippen molar-refractivity contribution in [3.8, 4) is 5.75 Å². The molecule has 0 radical (unpaired) electrons. The summed E-state index contributed by atoms with van der Waals surface area (Å²) in [6.45, 7) is 0. The van der Waals surface area contributed by atoms with E-state index in [9.17, 15) is 13.0 Å². The molecule has 0 saturated heterocycles. The van der Waals surface area contributed by atoms with Crippen LogP contribution in [-0.4, -0.2) is 20.1 Å². The SMILES string of the molecule is COc1ccc(P(c2ccccc2)c2ccccc2)cc1S(=O)(=O)[O-].[Na+]. The molecule has 3 aromatic carbocycles. The first-order valence-electron chi connectivity index (χ1n) is 7.55. The summed E-state index contributed by atoms with van der Waals surface area (Å²) < 4.78 is 39.9. The first-order valence-corrected chi connectivity index (χ1v) is 10.3. The van der Waals surface area contributed by atoms with E-state index in [2.05, 4.69) is 0 Å². The van der Waals surface area contributed by atoms with E-state index in [-0.39, 0.29) is 40.2 Å². The predicted molar refractivity (Wildman–Crippen MR) is 99.7 cm³/mol. The Bertz CT molecular complexity index is 924. The van der Waals surface area contributed by atoms with Crippen LogP contribution in [0.3, 0.4) is 0 Å². The van der Waals surface area contributed by atoms with Crippen LogP contribution in [0.1, 0.15) is 0 Å². The van der Waals surface area contributed by atoms with Crippen molar-refractivity contribution in [2.45, 2.75) is 4.90 Å². The fraction of sp³-hybridized carbons (Fsp3) is 0.0526. The van der Waals surface area contributed by atoms with Crippen LogP contribution < -0.4 is 50.2 Å². The zero-order chi connectivity index (χ0) is 17.9. The molecular formula is C19H16NaO4PS.